The first-order chi connectivity index (χ1) is 8.68. The molecule has 0 saturated carbocycles. The molecule has 0 aliphatic carbocycles. The Balaban J connectivity index is 1.84. The highest BCUT2D eigenvalue weighted by molar-refractivity contribution is 5.79. The summed E-state index contributed by atoms with van der Waals surface area (Å²) in [6, 6.07) is 9.81. The van der Waals surface area contributed by atoms with E-state index in [1.54, 1.807) is 0 Å². The van der Waals surface area contributed by atoms with Crippen LogP contribution < -0.4 is 0 Å². The molecule has 0 unspecified atom stereocenters. The average molecular weight is 248 g/mol. The van der Waals surface area contributed by atoms with Crippen molar-refractivity contribution in [3.63, 3.8) is 0 Å². The summed E-state index contributed by atoms with van der Waals surface area (Å²) in [6.07, 6.45) is 2.70. The molecular weight excluding hydrogens is 228 g/mol. The highest BCUT2D eigenvalue weighted by Gasteiger charge is 2.59. The third-order valence-electron chi connectivity index (χ3n) is 3.36. The topological polar surface area (TPSA) is 38.8 Å². The first-order valence-corrected chi connectivity index (χ1v) is 6.58. The predicted octanol–water partition coefficient (Wildman–Crippen LogP) is 3.03. The molecule has 3 heteroatoms. The number of benzene rings is 1. The molecule has 1 aromatic carbocycles. The Hall–Kier alpha value is -1.35. The summed E-state index contributed by atoms with van der Waals surface area (Å²) >= 11 is 0. The van der Waals surface area contributed by atoms with Crippen molar-refractivity contribution in [3.05, 3.63) is 35.9 Å². The van der Waals surface area contributed by atoms with Gasteiger partial charge in [0.2, 0.25) is 0 Å². The molecule has 1 aliphatic heterocycles. The van der Waals surface area contributed by atoms with Crippen molar-refractivity contribution in [1.29, 1.82) is 0 Å². The van der Waals surface area contributed by atoms with Gasteiger partial charge in [-0.1, -0.05) is 50.1 Å². The normalized spacial score (nSPS) is 25.8. The van der Waals surface area contributed by atoms with Crippen LogP contribution in [0.1, 0.15) is 38.7 Å². The van der Waals surface area contributed by atoms with Crippen LogP contribution >= 0.6 is 0 Å². The number of rotatable bonds is 6. The third kappa shape index (κ3) is 2.72. The number of hydrogen-bond donors (Lipinski definition) is 0. The summed E-state index contributed by atoms with van der Waals surface area (Å²) < 4.78 is 10.8. The number of esters is 1. The zero-order valence-corrected chi connectivity index (χ0v) is 11.0. The van der Waals surface area contributed by atoms with Crippen molar-refractivity contribution >= 4 is 5.97 Å². The van der Waals surface area contributed by atoms with E-state index < -0.39 is 11.7 Å². The molecule has 2 rings (SSSR count). The lowest BCUT2D eigenvalue weighted by atomic mass is 9.97. The van der Waals surface area contributed by atoms with Crippen LogP contribution in [0.4, 0.5) is 0 Å². The molecule has 2 atom stereocenters. The van der Waals surface area contributed by atoms with E-state index in [9.17, 15) is 4.79 Å². The van der Waals surface area contributed by atoms with E-state index in [1.807, 2.05) is 37.3 Å². The fourth-order valence-corrected chi connectivity index (χ4v) is 2.07. The summed E-state index contributed by atoms with van der Waals surface area (Å²) in [5, 5.41) is 0. The van der Waals surface area contributed by atoms with Crippen LogP contribution in [-0.2, 0) is 19.9 Å². The molecule has 1 aromatic rings. The monoisotopic (exact) mass is 248 g/mol. The highest BCUT2D eigenvalue weighted by atomic mass is 16.7. The van der Waals surface area contributed by atoms with Gasteiger partial charge in [0.05, 0.1) is 6.61 Å². The molecule has 1 fully saturated rings. The van der Waals surface area contributed by atoms with Crippen molar-refractivity contribution < 1.29 is 14.3 Å². The van der Waals surface area contributed by atoms with E-state index in [2.05, 4.69) is 6.92 Å². The average Bonchev–Trinajstić information content (AvgIpc) is 3.10. The molecule has 0 bridgehead atoms. The maximum absolute atomic E-state index is 11.8. The molecule has 1 saturated heterocycles. The molecule has 1 aliphatic rings. The number of epoxide rings is 1. The third-order valence-corrected chi connectivity index (χ3v) is 3.36. The predicted molar refractivity (Wildman–Crippen MR) is 69.2 cm³/mol. The molecule has 18 heavy (non-hydrogen) atoms. The van der Waals surface area contributed by atoms with E-state index >= 15 is 0 Å². The minimum atomic E-state index is -0.497. The van der Waals surface area contributed by atoms with Crippen LogP contribution in [0.2, 0.25) is 0 Å². The lowest BCUT2D eigenvalue weighted by molar-refractivity contribution is -0.145. The number of hydrogen-bond acceptors (Lipinski definition) is 3. The fraction of sp³-hybridized carbons (Fsp3) is 0.533. The Morgan fingerprint density at radius 3 is 2.72 bits per heavy atom. The lowest BCUT2D eigenvalue weighted by Crippen LogP contribution is -2.19. The first kappa shape index (κ1) is 13.1. The summed E-state index contributed by atoms with van der Waals surface area (Å²) in [4.78, 5) is 11.8. The van der Waals surface area contributed by atoms with E-state index in [-0.39, 0.29) is 5.97 Å². The number of ether oxygens (including phenoxy) is 2. The molecular formula is C15H20O3. The van der Waals surface area contributed by atoms with E-state index in [0.29, 0.717) is 6.61 Å². The van der Waals surface area contributed by atoms with Crippen molar-refractivity contribution in [2.24, 2.45) is 0 Å². The van der Waals surface area contributed by atoms with Gasteiger partial charge < -0.3 is 9.47 Å². The second-order valence-electron chi connectivity index (χ2n) is 4.85. The molecule has 98 valence electrons. The summed E-state index contributed by atoms with van der Waals surface area (Å²) in [6.45, 7) is 4.55. The quantitative estimate of drug-likeness (QED) is 0.441. The molecule has 1 heterocycles. The summed E-state index contributed by atoms with van der Waals surface area (Å²) in [5.74, 6) is -0.238. The fourth-order valence-electron chi connectivity index (χ4n) is 2.07. The van der Waals surface area contributed by atoms with Gasteiger partial charge in [-0.15, -0.1) is 0 Å². The van der Waals surface area contributed by atoms with E-state index in [4.69, 9.17) is 9.47 Å². The van der Waals surface area contributed by atoms with Gasteiger partial charge in [-0.25, -0.2) is 4.79 Å². The second-order valence-corrected chi connectivity index (χ2v) is 4.85. The molecule has 0 amide bonds. The van der Waals surface area contributed by atoms with Crippen LogP contribution in [0, 0.1) is 0 Å². The second kappa shape index (κ2) is 5.53. The van der Waals surface area contributed by atoms with Crippen LogP contribution in [0.25, 0.3) is 0 Å². The van der Waals surface area contributed by atoms with Crippen LogP contribution in [0.3, 0.4) is 0 Å². The smallest absolute Gasteiger partial charge is 0.338 e. The van der Waals surface area contributed by atoms with Crippen LogP contribution in [0.15, 0.2) is 30.3 Å². The van der Waals surface area contributed by atoms with Gasteiger partial charge in [-0.3, -0.25) is 0 Å². The zero-order chi connectivity index (χ0) is 13.0. The van der Waals surface area contributed by atoms with Crippen molar-refractivity contribution in [2.45, 2.75) is 44.8 Å². The van der Waals surface area contributed by atoms with Crippen molar-refractivity contribution in [3.8, 4) is 0 Å². The lowest BCUT2D eigenvalue weighted by Gasteiger charge is -2.06. The Morgan fingerprint density at radius 2 is 2.06 bits per heavy atom. The molecule has 3 nitrogen and oxygen atoms in total. The summed E-state index contributed by atoms with van der Waals surface area (Å²) in [7, 11) is 0. The maximum atomic E-state index is 11.8. The van der Waals surface area contributed by atoms with Gasteiger partial charge in [-0.2, -0.15) is 0 Å². The Labute approximate surface area is 108 Å². The zero-order valence-electron chi connectivity index (χ0n) is 11.0. The number of carbonyl (C=O) groups is 1. The van der Waals surface area contributed by atoms with Gasteiger partial charge in [0.25, 0.3) is 0 Å². The molecule has 0 spiro atoms. The first-order valence-electron chi connectivity index (χ1n) is 6.58. The minimum absolute atomic E-state index is 0.238. The Bertz CT molecular complexity index is 401. The van der Waals surface area contributed by atoms with E-state index in [1.165, 1.54) is 0 Å². The maximum Gasteiger partial charge on any atom is 0.338 e. The van der Waals surface area contributed by atoms with Gasteiger partial charge in [0.1, 0.15) is 5.60 Å². The highest BCUT2D eigenvalue weighted by Crippen LogP contribution is 2.46. The number of unbranched alkanes of at least 4 members (excludes halogenated alkanes) is 2. The molecule has 0 aromatic heterocycles. The summed E-state index contributed by atoms with van der Waals surface area (Å²) in [5.41, 5.74) is 0.531. The standard InChI is InChI=1S/C15H20O3/c1-3-4-8-11-17-14(16)13-15(2,18-13)12-9-6-5-7-10-12/h5-7,9-10,13H,3-4,8,11H2,1-2H3/t13-,15-/m1/s1. The van der Waals surface area contributed by atoms with Crippen LogP contribution in [0.5, 0.6) is 0 Å². The largest absolute Gasteiger partial charge is 0.464 e. The van der Waals surface area contributed by atoms with Gasteiger partial charge in [0, 0.05) is 0 Å². The van der Waals surface area contributed by atoms with Crippen molar-refractivity contribution in [1.82, 2.24) is 0 Å². The van der Waals surface area contributed by atoms with Crippen molar-refractivity contribution in [2.75, 3.05) is 6.61 Å². The Morgan fingerprint density at radius 1 is 1.33 bits per heavy atom. The van der Waals surface area contributed by atoms with Crippen LogP contribution in [-0.4, -0.2) is 18.7 Å². The number of carbonyl (C=O) groups excluding carboxylic acids is 1. The molecule has 0 N–H and O–H groups in total. The van der Waals surface area contributed by atoms with E-state index in [0.717, 1.165) is 24.8 Å². The Kier molecular flexibility index (Phi) is 4.02. The minimum Gasteiger partial charge on any atom is -0.464 e. The molecule has 0 radical (unpaired) electrons. The van der Waals surface area contributed by atoms with Gasteiger partial charge >= 0.3 is 5.97 Å². The van der Waals surface area contributed by atoms with Gasteiger partial charge in [-0.05, 0) is 18.9 Å². The van der Waals surface area contributed by atoms with Gasteiger partial charge in [0.15, 0.2) is 6.10 Å². The SMILES string of the molecule is CCCCCOC(=O)[C@H]1O[C@]1(C)c1ccccc1.